The Labute approximate surface area is 99.8 Å². The molecule has 1 saturated heterocycles. The van der Waals surface area contributed by atoms with Gasteiger partial charge in [-0.15, -0.1) is 0 Å². The van der Waals surface area contributed by atoms with Crippen LogP contribution < -0.4 is 5.32 Å². The van der Waals surface area contributed by atoms with E-state index in [-0.39, 0.29) is 24.5 Å². The third kappa shape index (κ3) is 2.87. The van der Waals surface area contributed by atoms with Gasteiger partial charge in [-0.05, 0) is 24.5 Å². The van der Waals surface area contributed by atoms with Gasteiger partial charge in [-0.2, -0.15) is 0 Å². The molecule has 0 saturated carbocycles. The van der Waals surface area contributed by atoms with Crippen molar-refractivity contribution in [3.05, 3.63) is 24.2 Å². The van der Waals surface area contributed by atoms with E-state index in [9.17, 15) is 9.90 Å². The highest BCUT2D eigenvalue weighted by Crippen LogP contribution is 2.20. The molecule has 2 N–H and O–H groups in total. The first-order chi connectivity index (χ1) is 8.18. The quantitative estimate of drug-likeness (QED) is 0.817. The molecule has 5 nitrogen and oxygen atoms in total. The number of amides is 1. The van der Waals surface area contributed by atoms with Gasteiger partial charge in [0, 0.05) is 6.61 Å². The molecule has 3 atom stereocenters. The summed E-state index contributed by atoms with van der Waals surface area (Å²) in [6.45, 7) is 2.75. The zero-order valence-electron chi connectivity index (χ0n) is 9.76. The summed E-state index contributed by atoms with van der Waals surface area (Å²) < 4.78 is 10.4. The summed E-state index contributed by atoms with van der Waals surface area (Å²) in [5, 5.41) is 12.4. The van der Waals surface area contributed by atoms with E-state index in [1.54, 1.807) is 12.1 Å². The number of carbonyl (C=O) groups is 1. The first-order valence-corrected chi connectivity index (χ1v) is 5.79. The SMILES string of the molecule is CC1CCOC1C(=O)NCC(O)c1ccco1. The van der Waals surface area contributed by atoms with Crippen molar-refractivity contribution in [2.75, 3.05) is 13.2 Å². The molecule has 2 heterocycles. The Kier molecular flexibility index (Phi) is 3.81. The Bertz CT molecular complexity index is 363. The average molecular weight is 239 g/mol. The number of hydrogen-bond acceptors (Lipinski definition) is 4. The van der Waals surface area contributed by atoms with Crippen molar-refractivity contribution < 1.29 is 19.1 Å². The second kappa shape index (κ2) is 5.33. The molecule has 2 rings (SSSR count). The predicted octanol–water partition coefficient (Wildman–Crippen LogP) is 0.854. The van der Waals surface area contributed by atoms with Crippen LogP contribution in [0.1, 0.15) is 25.2 Å². The molecule has 5 heteroatoms. The highest BCUT2D eigenvalue weighted by molar-refractivity contribution is 5.81. The van der Waals surface area contributed by atoms with Crippen molar-refractivity contribution in [1.82, 2.24) is 5.32 Å². The minimum absolute atomic E-state index is 0.138. The number of furan rings is 1. The van der Waals surface area contributed by atoms with Gasteiger partial charge < -0.3 is 19.6 Å². The standard InChI is InChI=1S/C12H17NO4/c1-8-4-6-17-11(8)12(15)13-7-9(14)10-3-2-5-16-10/h2-3,5,8-9,11,14H,4,6-7H2,1H3,(H,13,15). The molecule has 17 heavy (non-hydrogen) atoms. The van der Waals surface area contributed by atoms with E-state index in [4.69, 9.17) is 9.15 Å². The number of carbonyl (C=O) groups excluding carboxylic acids is 1. The Morgan fingerprint density at radius 2 is 2.53 bits per heavy atom. The second-order valence-corrected chi connectivity index (χ2v) is 4.33. The van der Waals surface area contributed by atoms with Crippen molar-refractivity contribution in [2.24, 2.45) is 5.92 Å². The minimum Gasteiger partial charge on any atom is -0.467 e. The van der Waals surface area contributed by atoms with E-state index in [1.165, 1.54) is 6.26 Å². The fourth-order valence-corrected chi connectivity index (χ4v) is 1.91. The highest BCUT2D eigenvalue weighted by Gasteiger charge is 2.30. The maximum absolute atomic E-state index is 11.8. The fraction of sp³-hybridized carbons (Fsp3) is 0.583. The van der Waals surface area contributed by atoms with E-state index >= 15 is 0 Å². The molecule has 0 aromatic carbocycles. The topological polar surface area (TPSA) is 71.7 Å². The van der Waals surface area contributed by atoms with Crippen molar-refractivity contribution in [2.45, 2.75) is 25.6 Å². The summed E-state index contributed by atoms with van der Waals surface area (Å²) in [6, 6.07) is 3.37. The maximum Gasteiger partial charge on any atom is 0.249 e. The van der Waals surface area contributed by atoms with Gasteiger partial charge in [0.1, 0.15) is 18.0 Å². The van der Waals surface area contributed by atoms with E-state index in [0.717, 1.165) is 6.42 Å². The fourth-order valence-electron chi connectivity index (χ4n) is 1.91. The Morgan fingerprint density at radius 1 is 1.71 bits per heavy atom. The predicted molar refractivity (Wildman–Crippen MR) is 60.2 cm³/mol. The summed E-state index contributed by atoms with van der Waals surface area (Å²) in [5.74, 6) is 0.516. The molecule has 1 amide bonds. The molecule has 0 bridgehead atoms. The van der Waals surface area contributed by atoms with E-state index in [1.807, 2.05) is 6.92 Å². The molecule has 1 aromatic heterocycles. The maximum atomic E-state index is 11.8. The van der Waals surface area contributed by atoms with Crippen molar-refractivity contribution in [3.8, 4) is 0 Å². The summed E-state index contributed by atoms with van der Waals surface area (Å²) >= 11 is 0. The summed E-state index contributed by atoms with van der Waals surface area (Å²) in [6.07, 6.45) is 1.19. The van der Waals surface area contributed by atoms with Crippen molar-refractivity contribution >= 4 is 5.91 Å². The van der Waals surface area contributed by atoms with Gasteiger partial charge in [0.25, 0.3) is 0 Å². The summed E-state index contributed by atoms with van der Waals surface area (Å²) in [4.78, 5) is 11.8. The van der Waals surface area contributed by atoms with Gasteiger partial charge in [-0.25, -0.2) is 0 Å². The van der Waals surface area contributed by atoms with Crippen LogP contribution in [-0.2, 0) is 9.53 Å². The second-order valence-electron chi connectivity index (χ2n) is 4.33. The molecule has 0 radical (unpaired) electrons. The van der Waals surface area contributed by atoms with Crippen LogP contribution in [0.15, 0.2) is 22.8 Å². The van der Waals surface area contributed by atoms with Gasteiger partial charge in [0.15, 0.2) is 0 Å². The number of nitrogens with one attached hydrogen (secondary N) is 1. The lowest BCUT2D eigenvalue weighted by molar-refractivity contribution is -0.132. The van der Waals surface area contributed by atoms with Crippen LogP contribution in [0.3, 0.4) is 0 Å². The van der Waals surface area contributed by atoms with Gasteiger partial charge in [0.05, 0.1) is 12.8 Å². The first-order valence-electron chi connectivity index (χ1n) is 5.79. The van der Waals surface area contributed by atoms with Gasteiger partial charge in [-0.3, -0.25) is 4.79 Å². The lowest BCUT2D eigenvalue weighted by Crippen LogP contribution is -2.39. The van der Waals surface area contributed by atoms with Crippen LogP contribution >= 0.6 is 0 Å². The third-order valence-corrected chi connectivity index (χ3v) is 2.99. The monoisotopic (exact) mass is 239 g/mol. The number of ether oxygens (including phenoxy) is 1. The molecule has 0 aliphatic carbocycles. The largest absolute Gasteiger partial charge is 0.467 e. The van der Waals surface area contributed by atoms with Crippen molar-refractivity contribution in [1.29, 1.82) is 0 Å². The zero-order valence-corrected chi connectivity index (χ0v) is 9.76. The van der Waals surface area contributed by atoms with Crippen LogP contribution in [0.5, 0.6) is 0 Å². The van der Waals surface area contributed by atoms with Gasteiger partial charge >= 0.3 is 0 Å². The molecule has 1 fully saturated rings. The molecule has 3 unspecified atom stereocenters. The van der Waals surface area contributed by atoms with Gasteiger partial charge in [-0.1, -0.05) is 6.92 Å². The van der Waals surface area contributed by atoms with Crippen LogP contribution in [0.2, 0.25) is 0 Å². The number of aliphatic hydroxyl groups excluding tert-OH is 1. The Morgan fingerprint density at radius 3 is 3.12 bits per heavy atom. The normalized spacial score (nSPS) is 25.8. The Balaban J connectivity index is 1.80. The van der Waals surface area contributed by atoms with Crippen molar-refractivity contribution in [3.63, 3.8) is 0 Å². The summed E-state index contributed by atoms with van der Waals surface area (Å²) in [7, 11) is 0. The molecule has 1 aliphatic rings. The highest BCUT2D eigenvalue weighted by atomic mass is 16.5. The third-order valence-electron chi connectivity index (χ3n) is 2.99. The average Bonchev–Trinajstić information content (AvgIpc) is 2.95. The van der Waals surface area contributed by atoms with E-state index < -0.39 is 6.10 Å². The number of hydrogen-bond donors (Lipinski definition) is 2. The summed E-state index contributed by atoms with van der Waals surface area (Å²) in [5.41, 5.74) is 0. The van der Waals surface area contributed by atoms with Gasteiger partial charge in [0.2, 0.25) is 5.91 Å². The van der Waals surface area contributed by atoms with E-state index in [0.29, 0.717) is 12.4 Å². The first kappa shape index (κ1) is 12.1. The van der Waals surface area contributed by atoms with Crippen LogP contribution in [0.25, 0.3) is 0 Å². The Hall–Kier alpha value is -1.33. The number of aliphatic hydroxyl groups is 1. The lowest BCUT2D eigenvalue weighted by Gasteiger charge is -2.15. The van der Waals surface area contributed by atoms with Crippen LogP contribution in [0.4, 0.5) is 0 Å². The molecule has 1 aliphatic heterocycles. The minimum atomic E-state index is -0.814. The molecule has 0 spiro atoms. The zero-order chi connectivity index (χ0) is 12.3. The van der Waals surface area contributed by atoms with Crippen LogP contribution in [-0.4, -0.2) is 30.3 Å². The molecule has 1 aromatic rings. The number of rotatable bonds is 4. The molecular formula is C12H17NO4. The molecule has 94 valence electrons. The smallest absolute Gasteiger partial charge is 0.249 e. The van der Waals surface area contributed by atoms with Crippen LogP contribution in [0, 0.1) is 5.92 Å². The molecular weight excluding hydrogens is 222 g/mol. The lowest BCUT2D eigenvalue weighted by atomic mass is 10.0. The van der Waals surface area contributed by atoms with E-state index in [2.05, 4.69) is 5.32 Å².